The Morgan fingerprint density at radius 3 is 3.09 bits per heavy atom. The molecule has 0 bridgehead atoms. The van der Waals surface area contributed by atoms with E-state index >= 15 is 0 Å². The van der Waals surface area contributed by atoms with Crippen molar-refractivity contribution < 1.29 is 9.90 Å². The summed E-state index contributed by atoms with van der Waals surface area (Å²) in [6.45, 7) is 0.654. The Bertz CT molecular complexity index is 190. The number of carboxylic acids is 1. The fourth-order valence-electron chi connectivity index (χ4n) is 0.845. The monoisotopic (exact) mass is 157 g/mol. The lowest BCUT2D eigenvalue weighted by molar-refractivity contribution is -0.138. The fourth-order valence-corrected chi connectivity index (χ4v) is 0.845. The molecule has 5 heteroatoms. The van der Waals surface area contributed by atoms with Gasteiger partial charge in [0.25, 0.3) is 0 Å². The van der Waals surface area contributed by atoms with Crippen LogP contribution in [0.3, 0.4) is 0 Å². The molecule has 5 N–H and O–H groups in total. The van der Waals surface area contributed by atoms with Gasteiger partial charge in [0.2, 0.25) is 0 Å². The molecule has 0 radical (unpaired) electrons. The lowest BCUT2D eigenvalue weighted by Crippen LogP contribution is -2.32. The molecule has 0 saturated heterocycles. The van der Waals surface area contributed by atoms with E-state index in [1.165, 1.54) is 0 Å². The second-order valence-electron chi connectivity index (χ2n) is 2.38. The molecule has 0 aromatic rings. The molecule has 5 nitrogen and oxygen atoms in total. The van der Waals surface area contributed by atoms with Gasteiger partial charge in [-0.15, -0.1) is 0 Å². The molecule has 11 heavy (non-hydrogen) atoms. The second-order valence-corrected chi connectivity index (χ2v) is 2.38. The fraction of sp³-hybridized carbons (Fsp3) is 0.500. The van der Waals surface area contributed by atoms with Crippen molar-refractivity contribution in [1.82, 2.24) is 10.6 Å². The van der Waals surface area contributed by atoms with Crippen molar-refractivity contribution in [3.05, 3.63) is 11.9 Å². The highest BCUT2D eigenvalue weighted by atomic mass is 16.4. The summed E-state index contributed by atoms with van der Waals surface area (Å²) in [7, 11) is 0. The van der Waals surface area contributed by atoms with Gasteiger partial charge in [0.15, 0.2) is 0 Å². The van der Waals surface area contributed by atoms with Crippen LogP contribution in [0.15, 0.2) is 11.9 Å². The minimum absolute atomic E-state index is 0.350. The molecule has 0 spiro atoms. The number of rotatable bonds is 3. The van der Waals surface area contributed by atoms with Crippen molar-refractivity contribution in [2.24, 2.45) is 5.73 Å². The van der Waals surface area contributed by atoms with Gasteiger partial charge >= 0.3 is 5.97 Å². The largest absolute Gasteiger partial charge is 0.480 e. The van der Waals surface area contributed by atoms with Crippen LogP contribution in [0.2, 0.25) is 0 Å². The Hall–Kier alpha value is -1.23. The lowest BCUT2D eigenvalue weighted by Gasteiger charge is -2.06. The third kappa shape index (κ3) is 2.12. The first-order valence-electron chi connectivity index (χ1n) is 3.35. The van der Waals surface area contributed by atoms with Crippen LogP contribution in [-0.2, 0) is 4.79 Å². The zero-order chi connectivity index (χ0) is 8.27. The van der Waals surface area contributed by atoms with Crippen LogP contribution in [0, 0.1) is 0 Å². The highest BCUT2D eigenvalue weighted by Gasteiger charge is 2.14. The molecule has 0 fully saturated rings. The first-order chi connectivity index (χ1) is 5.20. The van der Waals surface area contributed by atoms with E-state index < -0.39 is 12.0 Å². The van der Waals surface area contributed by atoms with Gasteiger partial charge in [-0.05, 0) is 0 Å². The molecule has 1 rings (SSSR count). The number of aliphatic carboxylic acids is 1. The molecule has 0 saturated carbocycles. The topological polar surface area (TPSA) is 87.4 Å². The van der Waals surface area contributed by atoms with Crippen molar-refractivity contribution in [1.29, 1.82) is 0 Å². The third-order valence-corrected chi connectivity index (χ3v) is 1.45. The average Bonchev–Trinajstić information content (AvgIpc) is 2.39. The molecule has 1 aliphatic heterocycles. The molecule has 62 valence electrons. The van der Waals surface area contributed by atoms with E-state index in [-0.39, 0.29) is 0 Å². The number of hydrogen-bond donors (Lipinski definition) is 4. The van der Waals surface area contributed by atoms with E-state index in [1.54, 1.807) is 6.20 Å². The van der Waals surface area contributed by atoms with Crippen LogP contribution in [0.5, 0.6) is 0 Å². The molecule has 1 unspecified atom stereocenters. The first kappa shape index (κ1) is 7.87. The van der Waals surface area contributed by atoms with Crippen LogP contribution >= 0.6 is 0 Å². The quantitative estimate of drug-likeness (QED) is 0.412. The normalized spacial score (nSPS) is 18.1. The summed E-state index contributed by atoms with van der Waals surface area (Å²) in [5.41, 5.74) is 6.14. The number of carbonyl (C=O) groups is 1. The van der Waals surface area contributed by atoms with E-state index in [0.29, 0.717) is 13.1 Å². The Morgan fingerprint density at radius 1 is 1.91 bits per heavy atom. The number of nitrogens with two attached hydrogens (primary N) is 1. The van der Waals surface area contributed by atoms with Crippen molar-refractivity contribution >= 4 is 5.97 Å². The number of nitrogens with one attached hydrogen (secondary N) is 2. The summed E-state index contributed by atoms with van der Waals surface area (Å²) < 4.78 is 0. The van der Waals surface area contributed by atoms with Gasteiger partial charge in [-0.3, -0.25) is 4.79 Å². The first-order valence-corrected chi connectivity index (χ1v) is 3.35. The maximum Gasteiger partial charge on any atom is 0.320 e. The minimum Gasteiger partial charge on any atom is -0.480 e. The molecule has 1 heterocycles. The van der Waals surface area contributed by atoms with E-state index in [0.717, 1.165) is 5.70 Å². The van der Waals surface area contributed by atoms with Crippen LogP contribution < -0.4 is 16.4 Å². The maximum absolute atomic E-state index is 10.3. The molecular weight excluding hydrogens is 146 g/mol. The Morgan fingerprint density at radius 2 is 2.64 bits per heavy atom. The second kappa shape index (κ2) is 3.25. The molecule has 1 aliphatic rings. The number of carboxylic acid groups (broad SMARTS) is 1. The predicted octanol–water partition coefficient (Wildman–Crippen LogP) is -1.22. The summed E-state index contributed by atoms with van der Waals surface area (Å²) >= 11 is 0. The van der Waals surface area contributed by atoms with E-state index in [9.17, 15) is 4.79 Å². The molecule has 0 aliphatic carbocycles. The van der Waals surface area contributed by atoms with Gasteiger partial charge in [0.05, 0.1) is 6.67 Å². The van der Waals surface area contributed by atoms with E-state index in [4.69, 9.17) is 10.8 Å². The summed E-state index contributed by atoms with van der Waals surface area (Å²) in [6, 6.07) is -0.811. The smallest absolute Gasteiger partial charge is 0.320 e. The van der Waals surface area contributed by atoms with Gasteiger partial charge in [-0.2, -0.15) is 0 Å². The molecule has 0 amide bonds. The Kier molecular flexibility index (Phi) is 2.32. The minimum atomic E-state index is -0.973. The Labute approximate surface area is 64.3 Å². The summed E-state index contributed by atoms with van der Waals surface area (Å²) in [4.78, 5) is 10.3. The highest BCUT2D eigenvalue weighted by molar-refractivity contribution is 5.73. The van der Waals surface area contributed by atoms with Gasteiger partial charge in [-0.25, -0.2) is 0 Å². The van der Waals surface area contributed by atoms with Gasteiger partial charge in [-0.1, -0.05) is 0 Å². The highest BCUT2D eigenvalue weighted by Crippen LogP contribution is 2.01. The van der Waals surface area contributed by atoms with Gasteiger partial charge < -0.3 is 21.5 Å². The van der Waals surface area contributed by atoms with Crippen molar-refractivity contribution in [3.63, 3.8) is 0 Å². The zero-order valence-electron chi connectivity index (χ0n) is 6.00. The lowest BCUT2D eigenvalue weighted by atomic mass is 10.2. The predicted molar refractivity (Wildman–Crippen MR) is 39.4 cm³/mol. The SMILES string of the molecule is NC(CC1=CNCN1)C(=O)O. The van der Waals surface area contributed by atoms with Gasteiger partial charge in [0, 0.05) is 18.3 Å². The van der Waals surface area contributed by atoms with E-state index in [1.807, 2.05) is 0 Å². The molecular formula is C6H11N3O2. The molecule has 0 aromatic heterocycles. The maximum atomic E-state index is 10.3. The molecule has 0 aromatic carbocycles. The Balaban J connectivity index is 2.35. The average molecular weight is 157 g/mol. The third-order valence-electron chi connectivity index (χ3n) is 1.45. The zero-order valence-corrected chi connectivity index (χ0v) is 6.00. The van der Waals surface area contributed by atoms with Crippen molar-refractivity contribution in [3.8, 4) is 0 Å². The summed E-state index contributed by atoms with van der Waals surface area (Å²) in [5.74, 6) is -0.973. The summed E-state index contributed by atoms with van der Waals surface area (Å²) in [5, 5.41) is 14.3. The van der Waals surface area contributed by atoms with Crippen molar-refractivity contribution in [2.75, 3.05) is 6.67 Å². The van der Waals surface area contributed by atoms with Crippen LogP contribution in [-0.4, -0.2) is 23.8 Å². The summed E-state index contributed by atoms with van der Waals surface area (Å²) in [6.07, 6.45) is 2.09. The van der Waals surface area contributed by atoms with E-state index in [2.05, 4.69) is 10.6 Å². The van der Waals surface area contributed by atoms with Crippen LogP contribution in [0.1, 0.15) is 6.42 Å². The van der Waals surface area contributed by atoms with Crippen molar-refractivity contribution in [2.45, 2.75) is 12.5 Å². The standard InChI is InChI=1S/C6H11N3O2/c7-5(6(10)11)1-4-2-8-3-9-4/h2,5,8-9H,1,3,7H2,(H,10,11). The van der Waals surface area contributed by atoms with Gasteiger partial charge in [0.1, 0.15) is 6.04 Å². The molecule has 1 atom stereocenters. The van der Waals surface area contributed by atoms with Crippen LogP contribution in [0.4, 0.5) is 0 Å². The number of hydrogen-bond acceptors (Lipinski definition) is 4. The van der Waals surface area contributed by atoms with Crippen LogP contribution in [0.25, 0.3) is 0 Å².